The van der Waals surface area contributed by atoms with Crippen LogP contribution in [0.2, 0.25) is 0 Å². The molecular formula is C15H26F2N4O. The minimum absolute atomic E-state index is 0.0259. The van der Waals surface area contributed by atoms with Crippen molar-refractivity contribution in [2.75, 3.05) is 6.54 Å². The van der Waals surface area contributed by atoms with E-state index in [4.69, 9.17) is 5.73 Å². The molecule has 1 aromatic rings. The highest BCUT2D eigenvalue weighted by molar-refractivity contribution is 5.79. The average Bonchev–Trinajstić information content (AvgIpc) is 2.65. The summed E-state index contributed by atoms with van der Waals surface area (Å²) in [6, 6.07) is 0. The van der Waals surface area contributed by atoms with Gasteiger partial charge < -0.3 is 11.1 Å². The minimum Gasteiger partial charge on any atom is -0.349 e. The largest absolute Gasteiger partial charge is 0.349 e. The Kier molecular flexibility index (Phi) is 6.05. The number of halogens is 2. The Morgan fingerprint density at radius 2 is 2.00 bits per heavy atom. The first-order chi connectivity index (χ1) is 10.1. The zero-order chi connectivity index (χ0) is 17.1. The molecule has 0 saturated carbocycles. The number of carbonyl (C=O) groups excluding carboxylic acids is 1. The van der Waals surface area contributed by atoms with E-state index in [1.165, 1.54) is 0 Å². The van der Waals surface area contributed by atoms with Crippen molar-refractivity contribution in [2.45, 2.75) is 59.5 Å². The number of hydrogen-bond donors (Lipinski definition) is 2. The van der Waals surface area contributed by atoms with E-state index in [2.05, 4.69) is 24.3 Å². The monoisotopic (exact) mass is 316 g/mol. The molecule has 0 aliphatic rings. The Hall–Kier alpha value is -1.50. The summed E-state index contributed by atoms with van der Waals surface area (Å²) in [5.74, 6) is 0.160. The second-order valence-electron chi connectivity index (χ2n) is 6.46. The standard InChI is InChI=1S/C15H26F2N4O/c1-9(2)7-15(5,8-18)19-13(22)6-12-10(3)20-21(11(12)4)14(16)17/h9,14H,6-8,18H2,1-5H3,(H,19,22)/t15-/m1/s1. The fourth-order valence-corrected chi connectivity index (χ4v) is 2.77. The van der Waals surface area contributed by atoms with Crippen LogP contribution in [0.1, 0.15) is 50.7 Å². The molecule has 0 saturated heterocycles. The molecule has 1 amide bonds. The van der Waals surface area contributed by atoms with Gasteiger partial charge in [0.2, 0.25) is 5.91 Å². The third kappa shape index (κ3) is 4.50. The Labute approximate surface area is 130 Å². The van der Waals surface area contributed by atoms with Crippen LogP contribution >= 0.6 is 0 Å². The van der Waals surface area contributed by atoms with Crippen molar-refractivity contribution in [2.24, 2.45) is 11.7 Å². The number of aromatic nitrogens is 2. The first-order valence-electron chi connectivity index (χ1n) is 7.43. The van der Waals surface area contributed by atoms with Crippen LogP contribution in [0.3, 0.4) is 0 Å². The molecule has 0 radical (unpaired) electrons. The number of amides is 1. The van der Waals surface area contributed by atoms with Crippen LogP contribution in [0.4, 0.5) is 8.78 Å². The van der Waals surface area contributed by atoms with Crippen molar-refractivity contribution < 1.29 is 13.6 Å². The second-order valence-corrected chi connectivity index (χ2v) is 6.46. The lowest BCUT2D eigenvalue weighted by Gasteiger charge is -2.31. The van der Waals surface area contributed by atoms with Gasteiger partial charge in [-0.3, -0.25) is 4.79 Å². The lowest BCUT2D eigenvalue weighted by Crippen LogP contribution is -2.52. The van der Waals surface area contributed by atoms with Crippen molar-refractivity contribution in [1.82, 2.24) is 15.1 Å². The summed E-state index contributed by atoms with van der Waals surface area (Å²) >= 11 is 0. The third-order valence-corrected chi connectivity index (χ3v) is 3.75. The smallest absolute Gasteiger partial charge is 0.333 e. The average molecular weight is 316 g/mol. The second kappa shape index (κ2) is 7.17. The van der Waals surface area contributed by atoms with E-state index in [-0.39, 0.29) is 12.3 Å². The minimum atomic E-state index is -2.70. The molecular weight excluding hydrogens is 290 g/mol. The predicted octanol–water partition coefficient (Wildman–Crippen LogP) is 2.32. The van der Waals surface area contributed by atoms with Crippen LogP contribution in [0.25, 0.3) is 0 Å². The molecule has 0 spiro atoms. The molecule has 7 heteroatoms. The van der Waals surface area contributed by atoms with Gasteiger partial charge in [0, 0.05) is 23.3 Å². The highest BCUT2D eigenvalue weighted by Crippen LogP contribution is 2.20. The van der Waals surface area contributed by atoms with Crippen molar-refractivity contribution >= 4 is 5.91 Å². The number of carbonyl (C=O) groups is 1. The normalized spacial score (nSPS) is 14.5. The first kappa shape index (κ1) is 18.5. The van der Waals surface area contributed by atoms with Gasteiger partial charge in [0.15, 0.2) is 0 Å². The first-order valence-corrected chi connectivity index (χ1v) is 7.43. The molecule has 0 unspecified atom stereocenters. The van der Waals surface area contributed by atoms with Crippen LogP contribution in [-0.4, -0.2) is 27.8 Å². The Balaban J connectivity index is 2.85. The molecule has 1 rings (SSSR count). The summed E-state index contributed by atoms with van der Waals surface area (Å²) in [4.78, 5) is 12.3. The number of aryl methyl sites for hydroxylation is 1. The van der Waals surface area contributed by atoms with Crippen LogP contribution in [0.5, 0.6) is 0 Å². The van der Waals surface area contributed by atoms with E-state index in [1.54, 1.807) is 13.8 Å². The highest BCUT2D eigenvalue weighted by atomic mass is 19.3. The van der Waals surface area contributed by atoms with E-state index in [0.717, 1.165) is 6.42 Å². The number of nitrogens with one attached hydrogen (secondary N) is 1. The molecule has 126 valence electrons. The van der Waals surface area contributed by atoms with Crippen LogP contribution in [0.15, 0.2) is 0 Å². The summed E-state index contributed by atoms with van der Waals surface area (Å²) < 4.78 is 26.3. The van der Waals surface area contributed by atoms with Gasteiger partial charge in [0.1, 0.15) is 0 Å². The number of nitrogens with zero attached hydrogens (tertiary/aromatic N) is 2. The molecule has 0 aromatic carbocycles. The predicted molar refractivity (Wildman–Crippen MR) is 81.7 cm³/mol. The highest BCUT2D eigenvalue weighted by Gasteiger charge is 2.27. The quantitative estimate of drug-likeness (QED) is 0.811. The van der Waals surface area contributed by atoms with Gasteiger partial charge in [-0.1, -0.05) is 13.8 Å². The molecule has 0 aliphatic carbocycles. The molecule has 1 heterocycles. The van der Waals surface area contributed by atoms with Crippen molar-refractivity contribution in [3.05, 3.63) is 17.0 Å². The number of alkyl halides is 2. The third-order valence-electron chi connectivity index (χ3n) is 3.75. The molecule has 3 N–H and O–H groups in total. The van der Waals surface area contributed by atoms with Crippen LogP contribution < -0.4 is 11.1 Å². The molecule has 0 fully saturated rings. The van der Waals surface area contributed by atoms with Crippen LogP contribution in [-0.2, 0) is 11.2 Å². The van der Waals surface area contributed by atoms with Crippen LogP contribution in [0, 0.1) is 19.8 Å². The Morgan fingerprint density at radius 1 is 1.41 bits per heavy atom. The Bertz CT molecular complexity index is 528. The van der Waals surface area contributed by atoms with E-state index in [0.29, 0.717) is 34.1 Å². The van der Waals surface area contributed by atoms with Crippen molar-refractivity contribution in [3.63, 3.8) is 0 Å². The maximum Gasteiger partial charge on any atom is 0.333 e. The molecule has 0 bridgehead atoms. The van der Waals surface area contributed by atoms with Gasteiger partial charge in [0.05, 0.1) is 12.1 Å². The zero-order valence-electron chi connectivity index (χ0n) is 13.9. The lowest BCUT2D eigenvalue weighted by molar-refractivity contribution is -0.122. The number of nitrogens with two attached hydrogens (primary N) is 1. The van der Waals surface area contributed by atoms with E-state index < -0.39 is 12.1 Å². The maximum absolute atomic E-state index is 12.8. The molecule has 1 aromatic heterocycles. The number of rotatable bonds is 7. The summed E-state index contributed by atoms with van der Waals surface area (Å²) in [5, 5.41) is 6.72. The van der Waals surface area contributed by atoms with Gasteiger partial charge in [-0.25, -0.2) is 4.68 Å². The molecule has 22 heavy (non-hydrogen) atoms. The Morgan fingerprint density at radius 3 is 2.41 bits per heavy atom. The van der Waals surface area contributed by atoms with Crippen molar-refractivity contribution in [3.8, 4) is 0 Å². The zero-order valence-corrected chi connectivity index (χ0v) is 13.9. The molecule has 0 aliphatic heterocycles. The summed E-state index contributed by atoms with van der Waals surface area (Å²) in [6.45, 7) is 6.81. The topological polar surface area (TPSA) is 72.9 Å². The van der Waals surface area contributed by atoms with E-state index in [9.17, 15) is 13.6 Å². The van der Waals surface area contributed by atoms with Crippen molar-refractivity contribution in [1.29, 1.82) is 0 Å². The fourth-order valence-electron chi connectivity index (χ4n) is 2.77. The lowest BCUT2D eigenvalue weighted by atomic mass is 9.90. The van der Waals surface area contributed by atoms with Gasteiger partial charge >= 0.3 is 6.55 Å². The number of hydrogen-bond acceptors (Lipinski definition) is 3. The van der Waals surface area contributed by atoms with Gasteiger partial charge in [-0.2, -0.15) is 13.9 Å². The van der Waals surface area contributed by atoms with Gasteiger partial charge in [0.25, 0.3) is 0 Å². The van der Waals surface area contributed by atoms with Gasteiger partial charge in [-0.15, -0.1) is 0 Å². The summed E-state index contributed by atoms with van der Waals surface area (Å²) in [7, 11) is 0. The van der Waals surface area contributed by atoms with E-state index in [1.807, 2.05) is 6.92 Å². The summed E-state index contributed by atoms with van der Waals surface area (Å²) in [5.41, 5.74) is 6.59. The van der Waals surface area contributed by atoms with E-state index >= 15 is 0 Å². The van der Waals surface area contributed by atoms with Gasteiger partial charge in [-0.05, 0) is 33.1 Å². The summed E-state index contributed by atoms with van der Waals surface area (Å²) in [6.07, 6.45) is 0.779. The maximum atomic E-state index is 12.8. The molecule has 5 nitrogen and oxygen atoms in total. The molecule has 1 atom stereocenters. The fraction of sp³-hybridized carbons (Fsp3) is 0.733. The SMILES string of the molecule is Cc1nn(C(F)F)c(C)c1CC(=O)N[C@@](C)(CN)CC(C)C.